The number of aromatic nitrogens is 2. The van der Waals surface area contributed by atoms with Crippen molar-refractivity contribution in [3.63, 3.8) is 0 Å². The van der Waals surface area contributed by atoms with Crippen molar-refractivity contribution in [3.05, 3.63) is 66.6 Å². The Balaban J connectivity index is 1.41. The second-order valence-corrected chi connectivity index (χ2v) is 6.42. The highest BCUT2D eigenvalue weighted by Crippen LogP contribution is 2.26. The van der Waals surface area contributed by atoms with Crippen LogP contribution in [0, 0.1) is 11.7 Å². The van der Waals surface area contributed by atoms with Gasteiger partial charge < -0.3 is 10.2 Å². The Morgan fingerprint density at radius 1 is 1.11 bits per heavy atom. The van der Waals surface area contributed by atoms with Gasteiger partial charge in [0.2, 0.25) is 11.8 Å². The molecule has 7 heteroatoms. The number of halogens is 1. The Morgan fingerprint density at radius 2 is 1.85 bits per heavy atom. The van der Waals surface area contributed by atoms with Gasteiger partial charge in [0.05, 0.1) is 11.6 Å². The van der Waals surface area contributed by atoms with Gasteiger partial charge in [-0.2, -0.15) is 5.10 Å². The lowest BCUT2D eigenvalue weighted by molar-refractivity contribution is -0.122. The van der Waals surface area contributed by atoms with Gasteiger partial charge in [-0.1, -0.05) is 12.1 Å². The van der Waals surface area contributed by atoms with E-state index in [0.717, 1.165) is 11.3 Å². The standard InChI is InChI=1S/C20H17FN4O2/c21-15-3-7-17(8-4-15)25-12-14(11-19(25)26)20(27)23-16-5-1-13(2-6-16)18-9-10-22-24-18/h1-10,14H,11-12H2,(H,22,24)(H,23,27). The molecule has 4 rings (SSSR count). The normalized spacial score (nSPS) is 16.6. The molecule has 27 heavy (non-hydrogen) atoms. The average Bonchev–Trinajstić information content (AvgIpc) is 3.33. The monoisotopic (exact) mass is 364 g/mol. The number of hydrogen-bond donors (Lipinski definition) is 2. The van der Waals surface area contributed by atoms with Crippen LogP contribution in [0.5, 0.6) is 0 Å². The molecule has 2 amide bonds. The Morgan fingerprint density at radius 3 is 2.52 bits per heavy atom. The molecular formula is C20H17FN4O2. The van der Waals surface area contributed by atoms with Crippen molar-refractivity contribution in [1.29, 1.82) is 0 Å². The summed E-state index contributed by atoms with van der Waals surface area (Å²) in [5, 5.41) is 9.65. The molecular weight excluding hydrogens is 347 g/mol. The first-order valence-corrected chi connectivity index (χ1v) is 8.57. The van der Waals surface area contributed by atoms with Crippen LogP contribution in [-0.2, 0) is 9.59 Å². The van der Waals surface area contributed by atoms with E-state index in [1.54, 1.807) is 18.3 Å². The molecule has 1 fully saturated rings. The summed E-state index contributed by atoms with van der Waals surface area (Å²) in [6.45, 7) is 0.280. The van der Waals surface area contributed by atoms with E-state index >= 15 is 0 Å². The second-order valence-electron chi connectivity index (χ2n) is 6.42. The predicted octanol–water partition coefficient (Wildman–Crippen LogP) is 3.21. The van der Waals surface area contributed by atoms with Crippen LogP contribution in [0.4, 0.5) is 15.8 Å². The van der Waals surface area contributed by atoms with Crippen LogP contribution in [0.25, 0.3) is 11.3 Å². The number of amides is 2. The number of anilines is 2. The summed E-state index contributed by atoms with van der Waals surface area (Å²) >= 11 is 0. The van der Waals surface area contributed by atoms with Crippen molar-refractivity contribution in [2.75, 3.05) is 16.8 Å². The van der Waals surface area contributed by atoms with Crippen molar-refractivity contribution in [2.45, 2.75) is 6.42 Å². The maximum absolute atomic E-state index is 13.1. The molecule has 0 spiro atoms. The number of rotatable bonds is 4. The minimum atomic E-state index is -0.449. The summed E-state index contributed by atoms with van der Waals surface area (Å²) in [6, 6.07) is 14.9. The molecule has 1 unspecified atom stereocenters. The van der Waals surface area contributed by atoms with Gasteiger partial charge in [0, 0.05) is 30.5 Å². The number of carbonyl (C=O) groups excluding carboxylic acids is 2. The van der Waals surface area contributed by atoms with Crippen molar-refractivity contribution < 1.29 is 14.0 Å². The summed E-state index contributed by atoms with van der Waals surface area (Å²) < 4.78 is 13.1. The van der Waals surface area contributed by atoms with Crippen LogP contribution < -0.4 is 10.2 Å². The summed E-state index contributed by atoms with van der Waals surface area (Å²) in [7, 11) is 0. The molecule has 0 saturated carbocycles. The Kier molecular flexibility index (Phi) is 4.42. The van der Waals surface area contributed by atoms with E-state index in [-0.39, 0.29) is 30.6 Å². The average molecular weight is 364 g/mol. The molecule has 2 aromatic carbocycles. The molecule has 0 radical (unpaired) electrons. The molecule has 0 bridgehead atoms. The Hall–Kier alpha value is -3.48. The lowest BCUT2D eigenvalue weighted by atomic mass is 10.1. The zero-order valence-electron chi connectivity index (χ0n) is 14.4. The highest BCUT2D eigenvalue weighted by molar-refractivity contribution is 6.03. The third-order valence-electron chi connectivity index (χ3n) is 4.60. The van der Waals surface area contributed by atoms with Crippen LogP contribution in [0.1, 0.15) is 6.42 Å². The van der Waals surface area contributed by atoms with Crippen LogP contribution in [-0.4, -0.2) is 28.6 Å². The SMILES string of the molecule is O=C(Nc1ccc(-c2ccn[nH]2)cc1)C1CC(=O)N(c2ccc(F)cc2)C1. The predicted molar refractivity (Wildman–Crippen MR) is 99.5 cm³/mol. The fraction of sp³-hybridized carbons (Fsp3) is 0.150. The van der Waals surface area contributed by atoms with Gasteiger partial charge in [-0.3, -0.25) is 14.7 Å². The van der Waals surface area contributed by atoms with E-state index in [0.29, 0.717) is 11.4 Å². The molecule has 2 N–H and O–H groups in total. The highest BCUT2D eigenvalue weighted by atomic mass is 19.1. The highest BCUT2D eigenvalue weighted by Gasteiger charge is 2.35. The van der Waals surface area contributed by atoms with E-state index in [1.165, 1.54) is 17.0 Å². The van der Waals surface area contributed by atoms with E-state index in [2.05, 4.69) is 15.5 Å². The van der Waals surface area contributed by atoms with Crippen molar-refractivity contribution in [3.8, 4) is 11.3 Å². The number of nitrogens with one attached hydrogen (secondary N) is 2. The van der Waals surface area contributed by atoms with Crippen LogP contribution in [0.2, 0.25) is 0 Å². The molecule has 3 aromatic rings. The van der Waals surface area contributed by atoms with Gasteiger partial charge in [0.1, 0.15) is 5.82 Å². The first-order valence-electron chi connectivity index (χ1n) is 8.57. The fourth-order valence-corrected chi connectivity index (χ4v) is 3.15. The third-order valence-corrected chi connectivity index (χ3v) is 4.60. The van der Waals surface area contributed by atoms with E-state index in [9.17, 15) is 14.0 Å². The van der Waals surface area contributed by atoms with Gasteiger partial charge >= 0.3 is 0 Å². The summed E-state index contributed by atoms with van der Waals surface area (Å²) in [5.41, 5.74) is 3.12. The zero-order valence-corrected chi connectivity index (χ0v) is 14.4. The second kappa shape index (κ2) is 7.03. The number of hydrogen-bond acceptors (Lipinski definition) is 3. The van der Waals surface area contributed by atoms with Crippen LogP contribution >= 0.6 is 0 Å². The van der Waals surface area contributed by atoms with Crippen molar-refractivity contribution in [2.24, 2.45) is 5.92 Å². The fourth-order valence-electron chi connectivity index (χ4n) is 3.15. The first kappa shape index (κ1) is 17.0. The maximum Gasteiger partial charge on any atom is 0.229 e. The number of benzene rings is 2. The third kappa shape index (κ3) is 3.57. The van der Waals surface area contributed by atoms with Gasteiger partial charge in [-0.05, 0) is 48.0 Å². The summed E-state index contributed by atoms with van der Waals surface area (Å²) in [6.07, 6.45) is 1.81. The van der Waals surface area contributed by atoms with Gasteiger partial charge in [0.25, 0.3) is 0 Å². The first-order chi connectivity index (χ1) is 13.1. The van der Waals surface area contributed by atoms with Gasteiger partial charge in [-0.25, -0.2) is 4.39 Å². The van der Waals surface area contributed by atoms with Gasteiger partial charge in [-0.15, -0.1) is 0 Å². The Labute approximate surface area is 155 Å². The van der Waals surface area contributed by atoms with E-state index < -0.39 is 5.92 Å². The molecule has 1 atom stereocenters. The van der Waals surface area contributed by atoms with Crippen LogP contribution in [0.3, 0.4) is 0 Å². The van der Waals surface area contributed by atoms with Crippen molar-refractivity contribution in [1.82, 2.24) is 10.2 Å². The lowest BCUT2D eigenvalue weighted by Gasteiger charge is -2.16. The number of H-pyrrole nitrogens is 1. The molecule has 1 saturated heterocycles. The minimum Gasteiger partial charge on any atom is -0.326 e. The lowest BCUT2D eigenvalue weighted by Crippen LogP contribution is -2.28. The molecule has 6 nitrogen and oxygen atoms in total. The number of aromatic amines is 1. The van der Waals surface area contributed by atoms with Gasteiger partial charge in [0.15, 0.2) is 0 Å². The molecule has 0 aliphatic carbocycles. The Bertz CT molecular complexity index is 953. The largest absolute Gasteiger partial charge is 0.326 e. The smallest absolute Gasteiger partial charge is 0.229 e. The van der Waals surface area contributed by atoms with Crippen LogP contribution in [0.15, 0.2) is 60.8 Å². The number of nitrogens with zero attached hydrogens (tertiary/aromatic N) is 2. The minimum absolute atomic E-state index is 0.134. The maximum atomic E-state index is 13.1. The molecule has 1 aliphatic heterocycles. The summed E-state index contributed by atoms with van der Waals surface area (Å²) in [5.74, 6) is -1.16. The zero-order chi connectivity index (χ0) is 18.8. The molecule has 2 heterocycles. The summed E-state index contributed by atoms with van der Waals surface area (Å²) in [4.78, 5) is 26.3. The van der Waals surface area contributed by atoms with Crippen molar-refractivity contribution >= 4 is 23.2 Å². The topological polar surface area (TPSA) is 78.1 Å². The molecule has 1 aliphatic rings. The number of carbonyl (C=O) groups is 2. The molecule has 136 valence electrons. The van der Waals surface area contributed by atoms with E-state index in [1.807, 2.05) is 30.3 Å². The van der Waals surface area contributed by atoms with E-state index in [4.69, 9.17) is 0 Å². The molecule has 1 aromatic heterocycles. The quantitative estimate of drug-likeness (QED) is 0.746.